The van der Waals surface area contributed by atoms with Crippen LogP contribution in [-0.2, 0) is 0 Å². The van der Waals surface area contributed by atoms with Gasteiger partial charge in [0.2, 0.25) is 0 Å². The zero-order chi connectivity index (χ0) is 14.8. The van der Waals surface area contributed by atoms with Crippen LogP contribution in [0.5, 0.6) is 5.75 Å². The van der Waals surface area contributed by atoms with Gasteiger partial charge in [0.25, 0.3) is 0 Å². The molecule has 3 unspecified atom stereocenters. The standard InChI is InChI=1S/C18H28N2O/c1-4-19-18(16-7-5-6-8-17(16)21-3)13-11-14-9-10-15(12-13)20(14)2/h5-8,13-15,18-19H,4,9-12H2,1-3H3. The lowest BCUT2D eigenvalue weighted by Gasteiger charge is -2.40. The maximum Gasteiger partial charge on any atom is 0.123 e. The second-order valence-electron chi connectivity index (χ2n) is 6.56. The first-order valence-electron chi connectivity index (χ1n) is 8.32. The minimum Gasteiger partial charge on any atom is -0.496 e. The number of methoxy groups -OCH3 is 1. The second-order valence-corrected chi connectivity index (χ2v) is 6.56. The van der Waals surface area contributed by atoms with Crippen LogP contribution in [0.25, 0.3) is 0 Å². The average Bonchev–Trinajstić information content (AvgIpc) is 2.74. The number of para-hydroxylation sites is 1. The molecule has 2 aliphatic heterocycles. The van der Waals surface area contributed by atoms with Gasteiger partial charge in [-0.2, -0.15) is 0 Å². The van der Waals surface area contributed by atoms with Gasteiger partial charge in [-0.15, -0.1) is 0 Å². The average molecular weight is 288 g/mol. The van der Waals surface area contributed by atoms with E-state index in [0.717, 1.165) is 30.3 Å². The van der Waals surface area contributed by atoms with Crippen LogP contribution in [0.15, 0.2) is 24.3 Å². The Bertz CT molecular complexity index is 462. The van der Waals surface area contributed by atoms with Crippen molar-refractivity contribution in [2.75, 3.05) is 20.7 Å². The maximum atomic E-state index is 5.60. The van der Waals surface area contributed by atoms with Gasteiger partial charge < -0.3 is 15.0 Å². The van der Waals surface area contributed by atoms with Gasteiger partial charge in [0, 0.05) is 23.7 Å². The second kappa shape index (κ2) is 6.37. The Morgan fingerprint density at radius 3 is 2.52 bits per heavy atom. The molecule has 0 aliphatic carbocycles. The molecule has 2 saturated heterocycles. The SMILES string of the molecule is CCNC(c1ccccc1OC)C1CC2CCC(C1)N2C. The van der Waals surface area contributed by atoms with Gasteiger partial charge in [0.05, 0.1) is 7.11 Å². The summed E-state index contributed by atoms with van der Waals surface area (Å²) in [5, 5.41) is 3.73. The lowest BCUT2D eigenvalue weighted by Crippen LogP contribution is -2.43. The summed E-state index contributed by atoms with van der Waals surface area (Å²) >= 11 is 0. The number of nitrogens with one attached hydrogen (secondary N) is 1. The highest BCUT2D eigenvalue weighted by atomic mass is 16.5. The molecule has 2 fully saturated rings. The summed E-state index contributed by atoms with van der Waals surface area (Å²) in [6, 6.07) is 10.5. The summed E-state index contributed by atoms with van der Waals surface area (Å²) < 4.78 is 5.60. The van der Waals surface area contributed by atoms with Gasteiger partial charge in [-0.05, 0) is 51.3 Å². The van der Waals surface area contributed by atoms with E-state index in [9.17, 15) is 0 Å². The fourth-order valence-corrected chi connectivity index (χ4v) is 4.40. The van der Waals surface area contributed by atoms with Crippen LogP contribution in [0.3, 0.4) is 0 Å². The number of fused-ring (bicyclic) bond motifs is 2. The Labute approximate surface area is 128 Å². The Morgan fingerprint density at radius 1 is 1.24 bits per heavy atom. The topological polar surface area (TPSA) is 24.5 Å². The number of hydrogen-bond donors (Lipinski definition) is 1. The Morgan fingerprint density at radius 2 is 1.90 bits per heavy atom. The summed E-state index contributed by atoms with van der Waals surface area (Å²) in [5.41, 5.74) is 1.33. The van der Waals surface area contributed by atoms with E-state index in [2.05, 4.69) is 48.5 Å². The van der Waals surface area contributed by atoms with Crippen molar-refractivity contribution in [3.8, 4) is 5.75 Å². The van der Waals surface area contributed by atoms with Crippen molar-refractivity contribution >= 4 is 0 Å². The smallest absolute Gasteiger partial charge is 0.123 e. The van der Waals surface area contributed by atoms with Gasteiger partial charge in [-0.25, -0.2) is 0 Å². The zero-order valence-electron chi connectivity index (χ0n) is 13.5. The summed E-state index contributed by atoms with van der Waals surface area (Å²) in [6.07, 6.45) is 5.37. The van der Waals surface area contributed by atoms with Gasteiger partial charge in [0.15, 0.2) is 0 Å². The van der Waals surface area contributed by atoms with Crippen LogP contribution < -0.4 is 10.1 Å². The molecule has 0 amide bonds. The van der Waals surface area contributed by atoms with E-state index in [1.54, 1.807) is 7.11 Å². The molecule has 0 aromatic heterocycles. The molecule has 1 aromatic carbocycles. The first kappa shape index (κ1) is 14.9. The molecule has 1 aromatic rings. The molecule has 3 atom stereocenters. The predicted octanol–water partition coefficient (Wildman–Crippen LogP) is 3.22. The van der Waals surface area contributed by atoms with Crippen LogP contribution in [-0.4, -0.2) is 37.7 Å². The Kier molecular flexibility index (Phi) is 4.51. The van der Waals surface area contributed by atoms with Gasteiger partial charge >= 0.3 is 0 Å². The van der Waals surface area contributed by atoms with Crippen molar-refractivity contribution in [1.82, 2.24) is 10.2 Å². The van der Waals surface area contributed by atoms with E-state index in [0.29, 0.717) is 6.04 Å². The molecule has 0 radical (unpaired) electrons. The molecular weight excluding hydrogens is 260 g/mol. The molecule has 3 heteroatoms. The molecule has 2 heterocycles. The lowest BCUT2D eigenvalue weighted by atomic mass is 9.81. The van der Waals surface area contributed by atoms with E-state index in [1.165, 1.54) is 31.2 Å². The first-order valence-corrected chi connectivity index (χ1v) is 8.32. The van der Waals surface area contributed by atoms with Crippen LogP contribution in [0, 0.1) is 5.92 Å². The van der Waals surface area contributed by atoms with E-state index in [-0.39, 0.29) is 0 Å². The van der Waals surface area contributed by atoms with Gasteiger partial charge in [-0.3, -0.25) is 0 Å². The zero-order valence-corrected chi connectivity index (χ0v) is 13.5. The van der Waals surface area contributed by atoms with Gasteiger partial charge in [0.1, 0.15) is 5.75 Å². The van der Waals surface area contributed by atoms with Crippen molar-refractivity contribution in [3.05, 3.63) is 29.8 Å². The van der Waals surface area contributed by atoms with E-state index in [1.807, 2.05) is 0 Å². The van der Waals surface area contributed by atoms with Crippen LogP contribution in [0.4, 0.5) is 0 Å². The third-order valence-corrected chi connectivity index (χ3v) is 5.50. The molecule has 21 heavy (non-hydrogen) atoms. The minimum absolute atomic E-state index is 0.419. The van der Waals surface area contributed by atoms with Crippen LogP contribution in [0.2, 0.25) is 0 Å². The third-order valence-electron chi connectivity index (χ3n) is 5.50. The fraction of sp³-hybridized carbons (Fsp3) is 0.667. The van der Waals surface area contributed by atoms with Crippen LogP contribution >= 0.6 is 0 Å². The monoisotopic (exact) mass is 288 g/mol. The predicted molar refractivity (Wildman–Crippen MR) is 86.7 cm³/mol. The van der Waals surface area contributed by atoms with Crippen molar-refractivity contribution < 1.29 is 4.74 Å². The number of piperidine rings is 1. The highest BCUT2D eigenvalue weighted by Gasteiger charge is 2.41. The summed E-state index contributed by atoms with van der Waals surface area (Å²) in [5.74, 6) is 1.74. The van der Waals surface area contributed by atoms with E-state index in [4.69, 9.17) is 4.74 Å². The summed E-state index contributed by atoms with van der Waals surface area (Å²) in [4.78, 5) is 2.61. The molecule has 2 bridgehead atoms. The molecule has 3 nitrogen and oxygen atoms in total. The molecule has 116 valence electrons. The number of ether oxygens (including phenoxy) is 1. The first-order chi connectivity index (χ1) is 10.2. The molecule has 2 aliphatic rings. The molecule has 0 saturated carbocycles. The number of hydrogen-bond acceptors (Lipinski definition) is 3. The quantitative estimate of drug-likeness (QED) is 0.900. The Balaban J connectivity index is 1.85. The van der Waals surface area contributed by atoms with Gasteiger partial charge in [-0.1, -0.05) is 25.1 Å². The number of benzene rings is 1. The third kappa shape index (κ3) is 2.82. The molecule has 3 rings (SSSR count). The van der Waals surface area contributed by atoms with Crippen molar-refractivity contribution in [2.45, 2.75) is 50.7 Å². The number of rotatable bonds is 5. The summed E-state index contributed by atoms with van der Waals surface area (Å²) in [6.45, 7) is 3.20. The fourth-order valence-electron chi connectivity index (χ4n) is 4.40. The minimum atomic E-state index is 0.419. The molecule has 0 spiro atoms. The lowest BCUT2D eigenvalue weighted by molar-refractivity contribution is 0.112. The van der Waals surface area contributed by atoms with Crippen molar-refractivity contribution in [3.63, 3.8) is 0 Å². The molecular formula is C18H28N2O. The van der Waals surface area contributed by atoms with E-state index >= 15 is 0 Å². The highest BCUT2D eigenvalue weighted by Crippen LogP contribution is 2.43. The normalized spacial score (nSPS) is 30.3. The van der Waals surface area contributed by atoms with Crippen molar-refractivity contribution in [1.29, 1.82) is 0 Å². The summed E-state index contributed by atoms with van der Waals surface area (Å²) in [7, 11) is 4.09. The van der Waals surface area contributed by atoms with E-state index < -0.39 is 0 Å². The highest BCUT2D eigenvalue weighted by molar-refractivity contribution is 5.36. The largest absolute Gasteiger partial charge is 0.496 e. The number of nitrogens with zero attached hydrogens (tertiary/aromatic N) is 1. The van der Waals surface area contributed by atoms with Crippen LogP contribution in [0.1, 0.15) is 44.2 Å². The maximum absolute atomic E-state index is 5.60. The molecule has 1 N–H and O–H groups in total. The Hall–Kier alpha value is -1.06. The van der Waals surface area contributed by atoms with Crippen molar-refractivity contribution in [2.24, 2.45) is 5.92 Å².